The van der Waals surface area contributed by atoms with Crippen LogP contribution in [0, 0.1) is 5.95 Å². The van der Waals surface area contributed by atoms with Crippen molar-refractivity contribution in [1.82, 2.24) is 19.6 Å². The summed E-state index contributed by atoms with van der Waals surface area (Å²) in [6, 6.07) is 5.06. The van der Waals surface area contributed by atoms with Crippen LogP contribution in [0.2, 0.25) is 0 Å². The lowest BCUT2D eigenvalue weighted by Crippen LogP contribution is -2.19. The Balaban J connectivity index is 1.83. The fourth-order valence-corrected chi connectivity index (χ4v) is 3.19. The zero-order valence-corrected chi connectivity index (χ0v) is 14.4. The van der Waals surface area contributed by atoms with Crippen LogP contribution in [0.15, 0.2) is 30.6 Å². The monoisotopic (exact) mass is 355 g/mol. The molecule has 0 saturated carbocycles. The molecule has 0 bridgehead atoms. The number of esters is 1. The van der Waals surface area contributed by atoms with E-state index in [2.05, 4.69) is 15.1 Å². The molecule has 134 valence electrons. The van der Waals surface area contributed by atoms with Crippen molar-refractivity contribution >= 4 is 17.4 Å². The first kappa shape index (κ1) is 16.4. The second kappa shape index (κ2) is 6.70. The molecule has 4 heterocycles. The smallest absolute Gasteiger partial charge is 0.344 e. The van der Waals surface area contributed by atoms with Gasteiger partial charge < -0.3 is 9.64 Å². The van der Waals surface area contributed by atoms with Gasteiger partial charge >= 0.3 is 5.97 Å². The predicted octanol–water partition coefficient (Wildman–Crippen LogP) is 2.71. The zero-order chi connectivity index (χ0) is 18.1. The maximum atomic E-state index is 14.8. The molecule has 0 aromatic carbocycles. The summed E-state index contributed by atoms with van der Waals surface area (Å²) in [5.41, 5.74) is 0.799. The molecule has 0 radical (unpaired) electrons. The van der Waals surface area contributed by atoms with Crippen molar-refractivity contribution in [3.05, 3.63) is 42.1 Å². The third-order valence-corrected chi connectivity index (χ3v) is 4.39. The van der Waals surface area contributed by atoms with E-state index < -0.39 is 11.9 Å². The van der Waals surface area contributed by atoms with Crippen molar-refractivity contribution < 1.29 is 13.9 Å². The Bertz CT molecular complexity index is 965. The fourth-order valence-electron chi connectivity index (χ4n) is 3.19. The Labute approximate surface area is 149 Å². The third kappa shape index (κ3) is 2.77. The highest BCUT2D eigenvalue weighted by Crippen LogP contribution is 2.29. The number of anilines is 1. The predicted molar refractivity (Wildman–Crippen MR) is 93.6 cm³/mol. The Morgan fingerprint density at radius 2 is 2.12 bits per heavy atom. The summed E-state index contributed by atoms with van der Waals surface area (Å²) < 4.78 is 21.3. The average molecular weight is 355 g/mol. The molecular weight excluding hydrogens is 337 g/mol. The van der Waals surface area contributed by atoms with E-state index in [0.717, 1.165) is 25.9 Å². The highest BCUT2D eigenvalue weighted by molar-refractivity contribution is 6.02. The number of fused-ring (bicyclic) bond motifs is 1. The molecule has 8 heteroatoms. The van der Waals surface area contributed by atoms with Crippen LogP contribution in [-0.4, -0.2) is 45.2 Å². The largest absolute Gasteiger partial charge is 0.462 e. The van der Waals surface area contributed by atoms with E-state index in [1.54, 1.807) is 37.5 Å². The van der Waals surface area contributed by atoms with E-state index in [1.165, 1.54) is 4.52 Å². The van der Waals surface area contributed by atoms with E-state index in [0.29, 0.717) is 11.5 Å². The molecule has 1 saturated heterocycles. The molecule has 3 aromatic heterocycles. The summed E-state index contributed by atoms with van der Waals surface area (Å²) >= 11 is 0. The Morgan fingerprint density at radius 3 is 2.85 bits per heavy atom. The summed E-state index contributed by atoms with van der Waals surface area (Å²) in [7, 11) is 0. The van der Waals surface area contributed by atoms with Gasteiger partial charge in [-0.05, 0) is 38.0 Å². The fraction of sp³-hybridized carbons (Fsp3) is 0.333. The van der Waals surface area contributed by atoms with Crippen LogP contribution in [0.3, 0.4) is 0 Å². The molecule has 26 heavy (non-hydrogen) atoms. The molecule has 1 aliphatic heterocycles. The summed E-state index contributed by atoms with van der Waals surface area (Å²) in [6.45, 7) is 3.66. The van der Waals surface area contributed by atoms with Gasteiger partial charge in [-0.3, -0.25) is 0 Å². The average Bonchev–Trinajstić information content (AvgIpc) is 3.29. The van der Waals surface area contributed by atoms with Crippen LogP contribution in [0.25, 0.3) is 16.9 Å². The number of ether oxygens (including phenoxy) is 1. The van der Waals surface area contributed by atoms with Crippen molar-refractivity contribution in [3.63, 3.8) is 0 Å². The summed E-state index contributed by atoms with van der Waals surface area (Å²) in [4.78, 5) is 22.8. The quantitative estimate of drug-likeness (QED) is 0.529. The number of rotatable bonds is 4. The van der Waals surface area contributed by atoms with Gasteiger partial charge in [0.2, 0.25) is 5.95 Å². The molecule has 0 aliphatic carbocycles. The second-order valence-corrected chi connectivity index (χ2v) is 6.03. The van der Waals surface area contributed by atoms with Crippen LogP contribution < -0.4 is 4.90 Å². The van der Waals surface area contributed by atoms with E-state index in [4.69, 9.17) is 4.74 Å². The lowest BCUT2D eigenvalue weighted by Gasteiger charge is -2.16. The summed E-state index contributed by atoms with van der Waals surface area (Å²) in [6.07, 6.45) is 5.36. The summed E-state index contributed by atoms with van der Waals surface area (Å²) in [5, 5.41) is 4.33. The van der Waals surface area contributed by atoms with Gasteiger partial charge in [-0.2, -0.15) is 9.49 Å². The van der Waals surface area contributed by atoms with E-state index >= 15 is 0 Å². The van der Waals surface area contributed by atoms with Gasteiger partial charge in [-0.15, -0.1) is 0 Å². The van der Waals surface area contributed by atoms with Crippen LogP contribution in [0.1, 0.15) is 30.1 Å². The van der Waals surface area contributed by atoms with Crippen LogP contribution in [-0.2, 0) is 4.74 Å². The third-order valence-electron chi connectivity index (χ3n) is 4.39. The van der Waals surface area contributed by atoms with Gasteiger partial charge in [-0.25, -0.2) is 19.3 Å². The van der Waals surface area contributed by atoms with E-state index in [-0.39, 0.29) is 23.4 Å². The number of carbonyl (C=O) groups excluding carboxylic acids is 1. The molecule has 1 aliphatic rings. The molecule has 1 fully saturated rings. The minimum atomic E-state index is -0.664. The van der Waals surface area contributed by atoms with E-state index in [9.17, 15) is 9.18 Å². The SMILES string of the molecule is CCOC(=O)c1c(-c2ccc(N3CCCC3)nc2F)nn2cccnc12. The number of halogens is 1. The molecular formula is C18H18FN5O2. The molecule has 0 unspecified atom stereocenters. The van der Waals surface area contributed by atoms with Crippen molar-refractivity contribution in [2.75, 3.05) is 24.6 Å². The van der Waals surface area contributed by atoms with Crippen molar-refractivity contribution in [1.29, 1.82) is 0 Å². The van der Waals surface area contributed by atoms with Crippen molar-refractivity contribution in [2.45, 2.75) is 19.8 Å². The van der Waals surface area contributed by atoms with E-state index in [1.807, 2.05) is 4.90 Å². The van der Waals surface area contributed by atoms with Gasteiger partial charge in [0.05, 0.1) is 12.2 Å². The Morgan fingerprint density at radius 1 is 1.31 bits per heavy atom. The second-order valence-electron chi connectivity index (χ2n) is 6.03. The summed E-state index contributed by atoms with van der Waals surface area (Å²) in [5.74, 6) is -0.647. The first-order chi connectivity index (χ1) is 12.7. The van der Waals surface area contributed by atoms with Crippen molar-refractivity contribution in [3.8, 4) is 11.3 Å². The molecule has 0 atom stereocenters. The van der Waals surface area contributed by atoms with Crippen LogP contribution >= 0.6 is 0 Å². The highest BCUT2D eigenvalue weighted by atomic mass is 19.1. The number of carbonyl (C=O) groups is 1. The minimum Gasteiger partial charge on any atom is -0.462 e. The van der Waals surface area contributed by atoms with Crippen LogP contribution in [0.5, 0.6) is 0 Å². The molecule has 4 rings (SSSR count). The zero-order valence-electron chi connectivity index (χ0n) is 14.4. The maximum Gasteiger partial charge on any atom is 0.344 e. The highest BCUT2D eigenvalue weighted by Gasteiger charge is 2.26. The lowest BCUT2D eigenvalue weighted by atomic mass is 10.1. The van der Waals surface area contributed by atoms with Gasteiger partial charge in [0.1, 0.15) is 17.1 Å². The number of hydrogen-bond donors (Lipinski definition) is 0. The topological polar surface area (TPSA) is 72.6 Å². The van der Waals surface area contributed by atoms with Crippen LogP contribution in [0.4, 0.5) is 10.2 Å². The molecule has 0 N–H and O–H groups in total. The number of nitrogens with zero attached hydrogens (tertiary/aromatic N) is 5. The van der Waals surface area contributed by atoms with Gasteiger partial charge in [-0.1, -0.05) is 0 Å². The maximum absolute atomic E-state index is 14.8. The first-order valence-corrected chi connectivity index (χ1v) is 8.61. The number of hydrogen-bond acceptors (Lipinski definition) is 6. The standard InChI is InChI=1S/C18H18FN5O2/c1-2-26-18(25)14-15(22-24-11-5-8-20-17(14)24)12-6-7-13(21-16(12)19)23-9-3-4-10-23/h5-8,11H,2-4,9-10H2,1H3. The Kier molecular flexibility index (Phi) is 4.24. The molecule has 0 spiro atoms. The minimum absolute atomic E-state index is 0.141. The number of aromatic nitrogens is 4. The lowest BCUT2D eigenvalue weighted by molar-refractivity contribution is 0.0529. The molecule has 0 amide bonds. The molecule has 3 aromatic rings. The normalized spacial score (nSPS) is 14.2. The molecule has 7 nitrogen and oxygen atoms in total. The first-order valence-electron chi connectivity index (χ1n) is 8.61. The Hall–Kier alpha value is -3.03. The number of pyridine rings is 1. The van der Waals surface area contributed by atoms with Gasteiger partial charge in [0, 0.05) is 25.5 Å². The van der Waals surface area contributed by atoms with Gasteiger partial charge in [0.15, 0.2) is 5.65 Å². The van der Waals surface area contributed by atoms with Crippen molar-refractivity contribution in [2.24, 2.45) is 0 Å². The van der Waals surface area contributed by atoms with Gasteiger partial charge in [0.25, 0.3) is 0 Å².